The predicted octanol–water partition coefficient (Wildman–Crippen LogP) is 1.11. The maximum absolute atomic E-state index is 13.0. The Kier molecular flexibility index (Phi) is 5.19. The Hall–Kier alpha value is -2.52. The molecule has 1 aromatic heterocycles. The number of aromatic nitrogens is 2. The van der Waals surface area contributed by atoms with E-state index < -0.39 is 15.8 Å². The summed E-state index contributed by atoms with van der Waals surface area (Å²) in [7, 11) is -1.89. The van der Waals surface area contributed by atoms with Gasteiger partial charge in [0.15, 0.2) is 0 Å². The van der Waals surface area contributed by atoms with Gasteiger partial charge in [-0.25, -0.2) is 12.8 Å². The highest BCUT2D eigenvalue weighted by molar-refractivity contribution is 7.89. The van der Waals surface area contributed by atoms with Crippen LogP contribution in [0.4, 0.5) is 4.39 Å². The van der Waals surface area contributed by atoms with Gasteiger partial charge in [0.25, 0.3) is 0 Å². The van der Waals surface area contributed by atoms with Crippen molar-refractivity contribution in [2.45, 2.75) is 4.90 Å². The van der Waals surface area contributed by atoms with Crippen LogP contribution in [0.3, 0.4) is 0 Å². The second kappa shape index (κ2) is 7.38. The Morgan fingerprint density at radius 2 is 1.81 bits per heavy atom. The van der Waals surface area contributed by atoms with E-state index in [9.17, 15) is 17.6 Å². The van der Waals surface area contributed by atoms with Crippen molar-refractivity contribution in [2.75, 3.05) is 26.2 Å². The van der Waals surface area contributed by atoms with Gasteiger partial charge in [0.05, 0.1) is 11.1 Å². The molecule has 0 radical (unpaired) electrons. The number of carbonyl (C=O) groups excluding carboxylic acids is 1. The van der Waals surface area contributed by atoms with Gasteiger partial charge in [-0.2, -0.15) is 9.40 Å². The van der Waals surface area contributed by atoms with Crippen molar-refractivity contribution >= 4 is 22.0 Å². The molecule has 7 nitrogen and oxygen atoms in total. The molecule has 3 rings (SSSR count). The summed E-state index contributed by atoms with van der Waals surface area (Å²) in [4.78, 5) is 13.9. The molecule has 0 N–H and O–H groups in total. The number of benzene rings is 1. The molecule has 1 fully saturated rings. The van der Waals surface area contributed by atoms with Gasteiger partial charge >= 0.3 is 0 Å². The van der Waals surface area contributed by atoms with Crippen LogP contribution in [-0.2, 0) is 21.9 Å². The number of aryl methyl sites for hydroxylation is 1. The van der Waals surface area contributed by atoms with Crippen LogP contribution in [0, 0.1) is 5.82 Å². The van der Waals surface area contributed by atoms with Crippen molar-refractivity contribution in [1.82, 2.24) is 19.0 Å². The summed E-state index contributed by atoms with van der Waals surface area (Å²) in [6.07, 6.45) is 6.58. The summed E-state index contributed by atoms with van der Waals surface area (Å²) in [6.45, 7) is 1.01. The Labute approximate surface area is 151 Å². The summed E-state index contributed by atoms with van der Waals surface area (Å²) >= 11 is 0. The lowest BCUT2D eigenvalue weighted by atomic mass is 10.3. The summed E-state index contributed by atoms with van der Waals surface area (Å²) < 4.78 is 41.1. The van der Waals surface area contributed by atoms with Crippen LogP contribution in [0.1, 0.15) is 5.56 Å². The molecule has 0 unspecified atom stereocenters. The molecule has 0 saturated carbocycles. The molecule has 1 aromatic carbocycles. The minimum absolute atomic E-state index is 0.0511. The van der Waals surface area contributed by atoms with Crippen LogP contribution in [0.25, 0.3) is 6.08 Å². The Morgan fingerprint density at radius 3 is 2.38 bits per heavy atom. The Morgan fingerprint density at radius 1 is 1.15 bits per heavy atom. The number of rotatable bonds is 4. The maximum Gasteiger partial charge on any atom is 0.246 e. The highest BCUT2D eigenvalue weighted by Gasteiger charge is 2.29. The number of nitrogens with zero attached hydrogens (tertiary/aromatic N) is 4. The van der Waals surface area contributed by atoms with E-state index in [1.165, 1.54) is 22.5 Å². The number of piperazine rings is 1. The molecule has 0 bridgehead atoms. The number of amides is 1. The largest absolute Gasteiger partial charge is 0.337 e. The van der Waals surface area contributed by atoms with Crippen LogP contribution >= 0.6 is 0 Å². The Balaban J connectivity index is 1.60. The third kappa shape index (κ3) is 4.00. The van der Waals surface area contributed by atoms with Crippen molar-refractivity contribution in [2.24, 2.45) is 7.05 Å². The quantitative estimate of drug-likeness (QED) is 0.747. The summed E-state index contributed by atoms with van der Waals surface area (Å²) in [6, 6.07) is 4.74. The molecular weight excluding hydrogens is 359 g/mol. The molecule has 9 heteroatoms. The maximum atomic E-state index is 13.0. The fraction of sp³-hybridized carbons (Fsp3) is 0.294. The van der Waals surface area contributed by atoms with Gasteiger partial charge in [0.1, 0.15) is 5.82 Å². The molecule has 138 valence electrons. The van der Waals surface area contributed by atoms with Gasteiger partial charge in [-0.1, -0.05) is 0 Å². The normalized spacial score (nSPS) is 16.3. The lowest BCUT2D eigenvalue weighted by molar-refractivity contribution is -0.127. The first-order chi connectivity index (χ1) is 12.4. The topological polar surface area (TPSA) is 75.5 Å². The lowest BCUT2D eigenvalue weighted by Crippen LogP contribution is -2.50. The van der Waals surface area contributed by atoms with Gasteiger partial charge in [0, 0.05) is 51.1 Å². The SMILES string of the molecule is Cn1cc(C=CC(=O)N2CCN(S(=O)(=O)c3ccc(F)cc3)CC2)cn1. The first-order valence-corrected chi connectivity index (χ1v) is 9.51. The van der Waals surface area contributed by atoms with E-state index in [1.807, 2.05) is 0 Å². The average Bonchev–Trinajstić information content (AvgIpc) is 3.05. The molecule has 2 aromatic rings. The van der Waals surface area contributed by atoms with E-state index in [0.29, 0.717) is 13.1 Å². The van der Waals surface area contributed by atoms with Crippen molar-refractivity contribution < 1.29 is 17.6 Å². The zero-order valence-corrected chi connectivity index (χ0v) is 15.1. The first kappa shape index (κ1) is 18.3. The van der Waals surface area contributed by atoms with Crippen LogP contribution in [-0.4, -0.2) is 59.5 Å². The van der Waals surface area contributed by atoms with Crippen molar-refractivity contribution in [1.29, 1.82) is 0 Å². The van der Waals surface area contributed by atoms with E-state index in [4.69, 9.17) is 0 Å². The highest BCUT2D eigenvalue weighted by atomic mass is 32.2. The Bertz CT molecular complexity index is 914. The molecule has 0 spiro atoms. The molecule has 1 amide bonds. The van der Waals surface area contributed by atoms with E-state index in [-0.39, 0.29) is 23.9 Å². The minimum Gasteiger partial charge on any atom is -0.337 e. The highest BCUT2D eigenvalue weighted by Crippen LogP contribution is 2.18. The zero-order chi connectivity index (χ0) is 18.7. The molecule has 1 aliphatic rings. The van der Waals surface area contributed by atoms with Gasteiger partial charge in [-0.3, -0.25) is 9.48 Å². The van der Waals surface area contributed by atoms with Crippen LogP contribution in [0.15, 0.2) is 47.6 Å². The van der Waals surface area contributed by atoms with Gasteiger partial charge in [-0.05, 0) is 30.3 Å². The molecule has 0 atom stereocenters. The fourth-order valence-corrected chi connectivity index (χ4v) is 4.13. The zero-order valence-electron chi connectivity index (χ0n) is 14.2. The number of carbonyl (C=O) groups is 1. The average molecular weight is 378 g/mol. The second-order valence-electron chi connectivity index (χ2n) is 5.96. The van der Waals surface area contributed by atoms with Crippen LogP contribution in [0.5, 0.6) is 0 Å². The molecular formula is C17H19FN4O3S. The van der Waals surface area contributed by atoms with E-state index >= 15 is 0 Å². The van der Waals surface area contributed by atoms with E-state index in [1.54, 1.807) is 35.1 Å². The van der Waals surface area contributed by atoms with E-state index in [0.717, 1.165) is 17.7 Å². The smallest absolute Gasteiger partial charge is 0.246 e. The predicted molar refractivity (Wildman–Crippen MR) is 94.0 cm³/mol. The van der Waals surface area contributed by atoms with Gasteiger partial charge in [-0.15, -0.1) is 0 Å². The van der Waals surface area contributed by atoms with Crippen LogP contribution < -0.4 is 0 Å². The fourth-order valence-electron chi connectivity index (χ4n) is 2.70. The third-order valence-electron chi connectivity index (χ3n) is 4.14. The summed E-state index contributed by atoms with van der Waals surface area (Å²) in [5.41, 5.74) is 0.818. The third-order valence-corrected chi connectivity index (χ3v) is 6.06. The number of halogens is 1. The summed E-state index contributed by atoms with van der Waals surface area (Å²) in [5.74, 6) is -0.660. The number of hydrogen-bond acceptors (Lipinski definition) is 4. The lowest BCUT2D eigenvalue weighted by Gasteiger charge is -2.33. The molecule has 2 heterocycles. The minimum atomic E-state index is -3.68. The molecule has 0 aliphatic carbocycles. The number of hydrogen-bond donors (Lipinski definition) is 0. The second-order valence-corrected chi connectivity index (χ2v) is 7.90. The van der Waals surface area contributed by atoms with Crippen molar-refractivity contribution in [3.8, 4) is 0 Å². The molecule has 26 heavy (non-hydrogen) atoms. The summed E-state index contributed by atoms with van der Waals surface area (Å²) in [5, 5.41) is 4.02. The molecule has 1 saturated heterocycles. The van der Waals surface area contributed by atoms with Crippen molar-refractivity contribution in [3.63, 3.8) is 0 Å². The number of sulfonamides is 1. The first-order valence-electron chi connectivity index (χ1n) is 8.07. The van der Waals surface area contributed by atoms with Crippen molar-refractivity contribution in [3.05, 3.63) is 54.1 Å². The van der Waals surface area contributed by atoms with Crippen LogP contribution in [0.2, 0.25) is 0 Å². The van der Waals surface area contributed by atoms with Gasteiger partial charge < -0.3 is 4.90 Å². The standard InChI is InChI=1S/C17H19FN4O3S/c1-20-13-14(12-19-20)2-7-17(23)21-8-10-22(11-9-21)26(24,25)16-5-3-15(18)4-6-16/h2-7,12-13H,8-11H2,1H3. The van der Waals surface area contributed by atoms with E-state index in [2.05, 4.69) is 5.10 Å². The monoisotopic (exact) mass is 378 g/mol. The molecule has 1 aliphatic heterocycles. The van der Waals surface area contributed by atoms with Gasteiger partial charge in [0.2, 0.25) is 15.9 Å².